The average molecular weight is 290 g/mol. The third kappa shape index (κ3) is 3.99. The van der Waals surface area contributed by atoms with Crippen molar-refractivity contribution in [3.63, 3.8) is 0 Å². The average Bonchev–Trinajstić information content (AvgIpc) is 2.49. The summed E-state index contributed by atoms with van der Waals surface area (Å²) >= 11 is 6.16. The van der Waals surface area contributed by atoms with Crippen LogP contribution in [0, 0.1) is 0 Å². The highest BCUT2D eigenvalue weighted by molar-refractivity contribution is 6.33. The van der Waals surface area contributed by atoms with E-state index in [1.807, 2.05) is 49.4 Å². The molecular formula is C17H20ClNO. The second-order valence-electron chi connectivity index (χ2n) is 5.31. The van der Waals surface area contributed by atoms with E-state index < -0.39 is 0 Å². The first-order valence-electron chi connectivity index (χ1n) is 6.80. The largest absolute Gasteiger partial charge is 0.394 e. The molecule has 2 nitrogen and oxygen atoms in total. The zero-order chi connectivity index (χ0) is 14.4. The summed E-state index contributed by atoms with van der Waals surface area (Å²) < 4.78 is 0. The molecule has 1 unspecified atom stereocenters. The number of anilines is 1. The number of nitrogens with one attached hydrogen (secondary N) is 1. The SMILES string of the molecule is CC(CO)(CCc1ccccc1)Nc1ccccc1Cl. The summed E-state index contributed by atoms with van der Waals surface area (Å²) in [5.41, 5.74) is 1.74. The first kappa shape index (κ1) is 14.9. The number of hydrogen-bond acceptors (Lipinski definition) is 2. The first-order valence-corrected chi connectivity index (χ1v) is 7.18. The topological polar surface area (TPSA) is 32.3 Å². The van der Waals surface area contributed by atoms with E-state index in [1.54, 1.807) is 0 Å². The maximum atomic E-state index is 9.71. The van der Waals surface area contributed by atoms with Crippen molar-refractivity contribution in [2.24, 2.45) is 0 Å². The van der Waals surface area contributed by atoms with E-state index in [0.717, 1.165) is 18.5 Å². The Morgan fingerprint density at radius 1 is 1.05 bits per heavy atom. The molecule has 0 radical (unpaired) electrons. The van der Waals surface area contributed by atoms with E-state index >= 15 is 0 Å². The number of aliphatic hydroxyl groups excluding tert-OH is 1. The third-order valence-corrected chi connectivity index (χ3v) is 3.80. The third-order valence-electron chi connectivity index (χ3n) is 3.47. The van der Waals surface area contributed by atoms with Gasteiger partial charge in [-0.05, 0) is 37.5 Å². The van der Waals surface area contributed by atoms with Crippen molar-refractivity contribution < 1.29 is 5.11 Å². The molecule has 3 heteroatoms. The fourth-order valence-corrected chi connectivity index (χ4v) is 2.32. The number of hydrogen-bond donors (Lipinski definition) is 2. The molecule has 0 heterocycles. The molecule has 2 N–H and O–H groups in total. The molecule has 0 aliphatic rings. The van der Waals surface area contributed by atoms with Crippen LogP contribution >= 0.6 is 11.6 Å². The van der Waals surface area contributed by atoms with Gasteiger partial charge in [0.15, 0.2) is 0 Å². The zero-order valence-electron chi connectivity index (χ0n) is 11.6. The molecule has 0 fully saturated rings. The molecule has 0 saturated heterocycles. The van der Waals surface area contributed by atoms with Gasteiger partial charge in [0.1, 0.15) is 0 Å². The normalized spacial score (nSPS) is 13.8. The van der Waals surface area contributed by atoms with Crippen LogP contribution in [0.25, 0.3) is 0 Å². The van der Waals surface area contributed by atoms with Gasteiger partial charge in [0.05, 0.1) is 22.9 Å². The number of aryl methyl sites for hydroxylation is 1. The smallest absolute Gasteiger partial charge is 0.0658 e. The molecule has 2 rings (SSSR count). The van der Waals surface area contributed by atoms with Crippen molar-refractivity contribution >= 4 is 17.3 Å². The quantitative estimate of drug-likeness (QED) is 0.838. The Kier molecular flexibility index (Phi) is 5.05. The van der Waals surface area contributed by atoms with E-state index in [0.29, 0.717) is 5.02 Å². The Bertz CT molecular complexity index is 544. The highest BCUT2D eigenvalue weighted by atomic mass is 35.5. The van der Waals surface area contributed by atoms with Crippen molar-refractivity contribution in [3.8, 4) is 0 Å². The van der Waals surface area contributed by atoms with Gasteiger partial charge in [-0.3, -0.25) is 0 Å². The monoisotopic (exact) mass is 289 g/mol. The fourth-order valence-electron chi connectivity index (χ4n) is 2.13. The highest BCUT2D eigenvalue weighted by Crippen LogP contribution is 2.26. The minimum atomic E-state index is -0.388. The predicted octanol–water partition coefficient (Wildman–Crippen LogP) is 4.14. The van der Waals surface area contributed by atoms with Gasteiger partial charge in [-0.15, -0.1) is 0 Å². The summed E-state index contributed by atoms with van der Waals surface area (Å²) in [6.07, 6.45) is 1.74. The maximum Gasteiger partial charge on any atom is 0.0658 e. The Morgan fingerprint density at radius 3 is 2.35 bits per heavy atom. The Labute approximate surface area is 125 Å². The minimum absolute atomic E-state index is 0.0606. The van der Waals surface area contributed by atoms with E-state index in [4.69, 9.17) is 11.6 Å². The van der Waals surface area contributed by atoms with Crippen molar-refractivity contribution in [2.45, 2.75) is 25.3 Å². The highest BCUT2D eigenvalue weighted by Gasteiger charge is 2.23. The van der Waals surface area contributed by atoms with Gasteiger partial charge in [0.2, 0.25) is 0 Å². The van der Waals surface area contributed by atoms with Gasteiger partial charge >= 0.3 is 0 Å². The summed E-state index contributed by atoms with van der Waals surface area (Å²) in [7, 11) is 0. The molecule has 0 saturated carbocycles. The summed E-state index contributed by atoms with van der Waals surface area (Å²) in [6, 6.07) is 17.9. The second kappa shape index (κ2) is 6.78. The molecule has 0 aromatic heterocycles. The number of rotatable bonds is 6. The van der Waals surface area contributed by atoms with Gasteiger partial charge in [-0.2, -0.15) is 0 Å². The molecule has 0 amide bonds. The molecule has 0 bridgehead atoms. The van der Waals surface area contributed by atoms with Crippen molar-refractivity contribution in [3.05, 3.63) is 65.2 Å². The van der Waals surface area contributed by atoms with Crippen molar-refractivity contribution in [1.29, 1.82) is 0 Å². The van der Waals surface area contributed by atoms with E-state index in [-0.39, 0.29) is 12.1 Å². The molecule has 0 aliphatic carbocycles. The van der Waals surface area contributed by atoms with Crippen molar-refractivity contribution in [2.75, 3.05) is 11.9 Å². The number of para-hydroxylation sites is 1. The molecule has 106 valence electrons. The van der Waals surface area contributed by atoms with E-state index in [9.17, 15) is 5.11 Å². The molecule has 20 heavy (non-hydrogen) atoms. The summed E-state index contributed by atoms with van der Waals surface area (Å²) in [6.45, 7) is 2.07. The van der Waals surface area contributed by atoms with E-state index in [2.05, 4.69) is 17.4 Å². The molecular weight excluding hydrogens is 270 g/mol. The van der Waals surface area contributed by atoms with Crippen LogP contribution in [0.4, 0.5) is 5.69 Å². The number of halogens is 1. The van der Waals surface area contributed by atoms with Crippen LogP contribution < -0.4 is 5.32 Å². The lowest BCUT2D eigenvalue weighted by Crippen LogP contribution is -2.39. The zero-order valence-corrected chi connectivity index (χ0v) is 12.4. The lowest BCUT2D eigenvalue weighted by Gasteiger charge is -2.30. The maximum absolute atomic E-state index is 9.71. The standard InChI is InChI=1S/C17H20ClNO/c1-17(13-20,12-11-14-7-3-2-4-8-14)19-16-10-6-5-9-15(16)18/h2-10,19-20H,11-13H2,1H3. The van der Waals surface area contributed by atoms with Gasteiger partial charge < -0.3 is 10.4 Å². The number of benzene rings is 2. The lowest BCUT2D eigenvalue weighted by atomic mass is 9.93. The van der Waals surface area contributed by atoms with Crippen LogP contribution in [0.2, 0.25) is 5.02 Å². The first-order chi connectivity index (χ1) is 9.63. The predicted molar refractivity (Wildman–Crippen MR) is 85.3 cm³/mol. The van der Waals surface area contributed by atoms with Gasteiger partial charge in [-0.25, -0.2) is 0 Å². The van der Waals surface area contributed by atoms with Crippen LogP contribution in [0.15, 0.2) is 54.6 Å². The minimum Gasteiger partial charge on any atom is -0.394 e. The Morgan fingerprint density at radius 2 is 1.70 bits per heavy atom. The molecule has 2 aromatic rings. The molecule has 0 aliphatic heterocycles. The van der Waals surface area contributed by atoms with Crippen LogP contribution in [-0.4, -0.2) is 17.3 Å². The second-order valence-corrected chi connectivity index (χ2v) is 5.72. The summed E-state index contributed by atoms with van der Waals surface area (Å²) in [5.74, 6) is 0. The van der Waals surface area contributed by atoms with Crippen LogP contribution in [-0.2, 0) is 6.42 Å². The Hall–Kier alpha value is -1.51. The van der Waals surface area contributed by atoms with Gasteiger partial charge in [-0.1, -0.05) is 54.1 Å². The molecule has 2 aromatic carbocycles. The Balaban J connectivity index is 2.04. The van der Waals surface area contributed by atoms with E-state index in [1.165, 1.54) is 5.56 Å². The molecule has 0 spiro atoms. The van der Waals surface area contributed by atoms with Gasteiger partial charge in [0, 0.05) is 0 Å². The number of aliphatic hydroxyl groups is 1. The lowest BCUT2D eigenvalue weighted by molar-refractivity contribution is 0.215. The molecule has 1 atom stereocenters. The van der Waals surface area contributed by atoms with Gasteiger partial charge in [0.25, 0.3) is 0 Å². The van der Waals surface area contributed by atoms with Crippen LogP contribution in [0.3, 0.4) is 0 Å². The summed E-state index contributed by atoms with van der Waals surface area (Å²) in [4.78, 5) is 0. The van der Waals surface area contributed by atoms with Crippen LogP contribution in [0.1, 0.15) is 18.9 Å². The summed E-state index contributed by atoms with van der Waals surface area (Å²) in [5, 5.41) is 13.7. The van der Waals surface area contributed by atoms with Crippen molar-refractivity contribution in [1.82, 2.24) is 0 Å². The van der Waals surface area contributed by atoms with Crippen LogP contribution in [0.5, 0.6) is 0 Å². The fraction of sp³-hybridized carbons (Fsp3) is 0.294.